The molecule has 4 nitrogen and oxygen atoms in total. The number of carbonyl (C=O) groups is 1. The number of aromatic nitrogens is 1. The molecule has 0 radical (unpaired) electrons. The van der Waals surface area contributed by atoms with Gasteiger partial charge in [0.1, 0.15) is 5.69 Å². The summed E-state index contributed by atoms with van der Waals surface area (Å²) >= 11 is 0. The van der Waals surface area contributed by atoms with E-state index >= 15 is 0 Å². The Morgan fingerprint density at radius 2 is 1.43 bits per heavy atom. The second-order valence-corrected chi connectivity index (χ2v) is 5.19. The van der Waals surface area contributed by atoms with Crippen molar-refractivity contribution in [2.75, 3.05) is 10.6 Å². The lowest BCUT2D eigenvalue weighted by Gasteiger charge is -2.08. The van der Waals surface area contributed by atoms with E-state index in [-0.39, 0.29) is 5.91 Å². The monoisotopic (exact) mass is 303 g/mol. The van der Waals surface area contributed by atoms with Crippen molar-refractivity contribution >= 4 is 23.0 Å². The van der Waals surface area contributed by atoms with Crippen molar-refractivity contribution < 1.29 is 4.79 Å². The summed E-state index contributed by atoms with van der Waals surface area (Å²) in [4.78, 5) is 16.4. The van der Waals surface area contributed by atoms with Gasteiger partial charge in [-0.3, -0.25) is 4.79 Å². The minimum absolute atomic E-state index is 0.211. The number of benzene rings is 2. The van der Waals surface area contributed by atoms with Crippen molar-refractivity contribution in [3.63, 3.8) is 0 Å². The smallest absolute Gasteiger partial charge is 0.274 e. The zero-order chi connectivity index (χ0) is 16.1. The van der Waals surface area contributed by atoms with E-state index < -0.39 is 0 Å². The Hall–Kier alpha value is -3.14. The number of pyridine rings is 1. The van der Waals surface area contributed by atoms with Gasteiger partial charge in [-0.2, -0.15) is 0 Å². The van der Waals surface area contributed by atoms with Gasteiger partial charge in [-0.25, -0.2) is 4.98 Å². The van der Waals surface area contributed by atoms with E-state index in [1.54, 1.807) is 6.07 Å². The van der Waals surface area contributed by atoms with Crippen molar-refractivity contribution in [1.29, 1.82) is 0 Å². The van der Waals surface area contributed by atoms with Crippen LogP contribution in [0.15, 0.2) is 72.8 Å². The van der Waals surface area contributed by atoms with Gasteiger partial charge in [0.25, 0.3) is 5.91 Å². The van der Waals surface area contributed by atoms with Crippen molar-refractivity contribution in [3.05, 3.63) is 84.2 Å². The number of carbonyl (C=O) groups excluding carboxylic acids is 1. The molecule has 0 aliphatic heterocycles. The zero-order valence-corrected chi connectivity index (χ0v) is 12.8. The normalized spacial score (nSPS) is 10.1. The number of nitrogens with one attached hydrogen (secondary N) is 2. The Labute approximate surface area is 135 Å². The Kier molecular flexibility index (Phi) is 4.34. The molecule has 1 aromatic heterocycles. The third-order valence-corrected chi connectivity index (χ3v) is 3.33. The van der Waals surface area contributed by atoms with Crippen LogP contribution in [0, 0.1) is 6.92 Å². The van der Waals surface area contributed by atoms with E-state index in [1.165, 1.54) is 0 Å². The number of aryl methyl sites for hydroxylation is 1. The number of rotatable bonds is 4. The number of hydrogen-bond acceptors (Lipinski definition) is 3. The molecule has 1 amide bonds. The average molecular weight is 303 g/mol. The molecular formula is C19H17N3O. The molecule has 4 heteroatoms. The summed E-state index contributed by atoms with van der Waals surface area (Å²) in [6, 6.07) is 22.9. The fraction of sp³-hybridized carbons (Fsp3) is 0.0526. The summed E-state index contributed by atoms with van der Waals surface area (Å²) in [6.07, 6.45) is 0. The lowest BCUT2D eigenvalue weighted by molar-refractivity contribution is 0.102. The minimum Gasteiger partial charge on any atom is -0.356 e. The molecule has 0 fully saturated rings. The van der Waals surface area contributed by atoms with Crippen LogP contribution in [-0.2, 0) is 0 Å². The van der Waals surface area contributed by atoms with Crippen LogP contribution >= 0.6 is 0 Å². The first-order valence-electron chi connectivity index (χ1n) is 7.38. The fourth-order valence-electron chi connectivity index (χ4n) is 2.19. The highest BCUT2D eigenvalue weighted by molar-refractivity contribution is 6.02. The molecular weight excluding hydrogens is 286 g/mol. The van der Waals surface area contributed by atoms with Crippen molar-refractivity contribution in [1.82, 2.24) is 4.98 Å². The zero-order valence-electron chi connectivity index (χ0n) is 12.8. The van der Waals surface area contributed by atoms with Crippen LogP contribution in [0.25, 0.3) is 0 Å². The molecule has 0 aliphatic carbocycles. The van der Waals surface area contributed by atoms with E-state index in [0.29, 0.717) is 5.69 Å². The van der Waals surface area contributed by atoms with Gasteiger partial charge in [0.15, 0.2) is 0 Å². The van der Waals surface area contributed by atoms with E-state index in [1.807, 2.05) is 73.7 Å². The summed E-state index contributed by atoms with van der Waals surface area (Å²) in [6.45, 7) is 1.86. The second-order valence-electron chi connectivity index (χ2n) is 5.19. The molecule has 0 atom stereocenters. The van der Waals surface area contributed by atoms with E-state index in [0.717, 1.165) is 22.8 Å². The highest BCUT2D eigenvalue weighted by Gasteiger charge is 2.07. The fourth-order valence-corrected chi connectivity index (χ4v) is 2.19. The molecule has 0 bridgehead atoms. The largest absolute Gasteiger partial charge is 0.356 e. The van der Waals surface area contributed by atoms with E-state index in [9.17, 15) is 4.79 Å². The van der Waals surface area contributed by atoms with Crippen LogP contribution in [0.1, 0.15) is 16.2 Å². The Balaban J connectivity index is 1.67. The number of hydrogen-bond donors (Lipinski definition) is 2. The van der Waals surface area contributed by atoms with Gasteiger partial charge in [-0.15, -0.1) is 0 Å². The third-order valence-electron chi connectivity index (χ3n) is 3.33. The molecule has 0 spiro atoms. The second kappa shape index (κ2) is 6.75. The molecule has 2 N–H and O–H groups in total. The van der Waals surface area contributed by atoms with Crippen molar-refractivity contribution in [3.8, 4) is 0 Å². The molecule has 114 valence electrons. The number of anilines is 3. The SMILES string of the molecule is Cc1cccc(C(=O)Nc2ccc(Nc3ccccc3)cc2)n1. The first-order chi connectivity index (χ1) is 11.2. The van der Waals surface area contributed by atoms with E-state index in [4.69, 9.17) is 0 Å². The first-order valence-corrected chi connectivity index (χ1v) is 7.38. The summed E-state index contributed by atoms with van der Waals surface area (Å²) in [5, 5.41) is 6.15. The van der Waals surface area contributed by atoms with Gasteiger partial charge in [-0.1, -0.05) is 24.3 Å². The van der Waals surface area contributed by atoms with E-state index in [2.05, 4.69) is 15.6 Å². The molecule has 3 aromatic rings. The molecule has 0 unspecified atom stereocenters. The van der Waals surface area contributed by atoms with Crippen LogP contribution in [0.5, 0.6) is 0 Å². The molecule has 0 saturated carbocycles. The maximum absolute atomic E-state index is 12.2. The predicted octanol–water partition coefficient (Wildman–Crippen LogP) is 4.39. The maximum Gasteiger partial charge on any atom is 0.274 e. The van der Waals surface area contributed by atoms with Crippen molar-refractivity contribution in [2.45, 2.75) is 6.92 Å². The minimum atomic E-state index is -0.211. The van der Waals surface area contributed by atoms with Crippen molar-refractivity contribution in [2.24, 2.45) is 0 Å². The van der Waals surface area contributed by atoms with Crippen LogP contribution in [0.2, 0.25) is 0 Å². The van der Waals surface area contributed by atoms with Crippen LogP contribution in [-0.4, -0.2) is 10.9 Å². The van der Waals surface area contributed by atoms with Gasteiger partial charge in [0, 0.05) is 22.8 Å². The van der Waals surface area contributed by atoms with Crippen LogP contribution < -0.4 is 10.6 Å². The molecule has 3 rings (SSSR count). The van der Waals surface area contributed by atoms with Gasteiger partial charge in [-0.05, 0) is 55.5 Å². The Morgan fingerprint density at radius 3 is 2.13 bits per heavy atom. The van der Waals surface area contributed by atoms with Gasteiger partial charge < -0.3 is 10.6 Å². The summed E-state index contributed by atoms with van der Waals surface area (Å²) in [5.41, 5.74) is 3.95. The highest BCUT2D eigenvalue weighted by atomic mass is 16.1. The summed E-state index contributed by atoms with van der Waals surface area (Å²) in [7, 11) is 0. The number of nitrogens with zero attached hydrogens (tertiary/aromatic N) is 1. The molecule has 1 heterocycles. The Bertz CT molecular complexity index is 798. The maximum atomic E-state index is 12.2. The molecule has 23 heavy (non-hydrogen) atoms. The highest BCUT2D eigenvalue weighted by Crippen LogP contribution is 2.19. The third kappa shape index (κ3) is 3.95. The standard InChI is InChI=1S/C19H17N3O/c1-14-6-5-9-18(20-14)19(23)22-17-12-10-16(11-13-17)21-15-7-3-2-4-8-15/h2-13,21H,1H3,(H,22,23). The topological polar surface area (TPSA) is 54.0 Å². The Morgan fingerprint density at radius 1 is 0.783 bits per heavy atom. The molecule has 2 aromatic carbocycles. The first kappa shape index (κ1) is 14.8. The quantitative estimate of drug-likeness (QED) is 0.751. The van der Waals surface area contributed by atoms with Crippen LogP contribution in [0.4, 0.5) is 17.1 Å². The predicted molar refractivity (Wildman–Crippen MR) is 93.1 cm³/mol. The number of para-hydroxylation sites is 1. The van der Waals surface area contributed by atoms with Crippen LogP contribution in [0.3, 0.4) is 0 Å². The lowest BCUT2D eigenvalue weighted by atomic mass is 10.2. The summed E-state index contributed by atoms with van der Waals surface area (Å²) < 4.78 is 0. The summed E-state index contributed by atoms with van der Waals surface area (Å²) in [5.74, 6) is -0.211. The number of amides is 1. The van der Waals surface area contributed by atoms with Gasteiger partial charge in [0.2, 0.25) is 0 Å². The average Bonchev–Trinajstić information content (AvgIpc) is 2.57. The van der Waals surface area contributed by atoms with Gasteiger partial charge in [0.05, 0.1) is 0 Å². The molecule has 0 saturated heterocycles. The molecule has 0 aliphatic rings. The van der Waals surface area contributed by atoms with Gasteiger partial charge >= 0.3 is 0 Å². The lowest BCUT2D eigenvalue weighted by Crippen LogP contribution is -2.13.